The average molecular weight is 479 g/mol. The van der Waals surface area contributed by atoms with Crippen LogP contribution in [0.15, 0.2) is 55.2 Å². The van der Waals surface area contributed by atoms with Crippen molar-refractivity contribution in [2.24, 2.45) is 14.1 Å². The van der Waals surface area contributed by atoms with Crippen LogP contribution in [-0.2, 0) is 24.1 Å². The molecule has 34 heavy (non-hydrogen) atoms. The van der Waals surface area contributed by atoms with Crippen molar-refractivity contribution in [2.75, 3.05) is 11.6 Å². The van der Waals surface area contributed by atoms with E-state index in [0.29, 0.717) is 24.5 Å². The molecule has 1 aromatic carbocycles. The van der Waals surface area contributed by atoms with Crippen LogP contribution in [0.3, 0.4) is 0 Å². The van der Waals surface area contributed by atoms with Gasteiger partial charge in [0.05, 0.1) is 18.6 Å². The summed E-state index contributed by atoms with van der Waals surface area (Å²) in [6, 6.07) is 8.10. The predicted octanol–water partition coefficient (Wildman–Crippen LogP) is 2.44. The highest BCUT2D eigenvalue weighted by molar-refractivity contribution is 7.88. The van der Waals surface area contributed by atoms with E-state index in [0.717, 1.165) is 27.8 Å². The van der Waals surface area contributed by atoms with E-state index in [1.165, 1.54) is 6.26 Å². The van der Waals surface area contributed by atoms with Gasteiger partial charge in [-0.05, 0) is 24.5 Å². The first kappa shape index (κ1) is 22.2. The first-order chi connectivity index (χ1) is 16.2. The summed E-state index contributed by atoms with van der Waals surface area (Å²) in [7, 11) is 0.538. The van der Waals surface area contributed by atoms with E-state index >= 15 is 0 Å². The molecule has 0 spiro atoms. The van der Waals surface area contributed by atoms with Gasteiger partial charge in [-0.25, -0.2) is 23.1 Å². The Kier molecular flexibility index (Phi) is 5.66. The molecule has 0 unspecified atom stereocenters. The summed E-state index contributed by atoms with van der Waals surface area (Å²) in [6.07, 6.45) is 11.9. The number of aromatic nitrogens is 6. The van der Waals surface area contributed by atoms with E-state index < -0.39 is 10.0 Å². The van der Waals surface area contributed by atoms with Crippen molar-refractivity contribution < 1.29 is 8.42 Å². The molecule has 1 saturated carbocycles. The van der Waals surface area contributed by atoms with Gasteiger partial charge in [0, 0.05) is 67.0 Å². The van der Waals surface area contributed by atoms with Crippen LogP contribution in [0.5, 0.6) is 0 Å². The molecule has 5 rings (SSSR count). The molecule has 1 fully saturated rings. The maximum Gasteiger partial charge on any atom is 0.208 e. The molecule has 3 aromatic heterocycles. The summed E-state index contributed by atoms with van der Waals surface area (Å²) < 4.78 is 29.2. The third kappa shape index (κ3) is 4.85. The fourth-order valence-electron chi connectivity index (χ4n) is 4.14. The lowest BCUT2D eigenvalue weighted by atomic mass is 9.87. The van der Waals surface area contributed by atoms with E-state index in [4.69, 9.17) is 4.98 Å². The van der Waals surface area contributed by atoms with Gasteiger partial charge in [0.2, 0.25) is 10.0 Å². The molecule has 0 radical (unpaired) electrons. The Morgan fingerprint density at radius 3 is 2.24 bits per heavy atom. The molecule has 4 aromatic rings. The molecule has 1 aliphatic rings. The molecule has 2 N–H and O–H groups in total. The van der Waals surface area contributed by atoms with Gasteiger partial charge < -0.3 is 5.32 Å². The van der Waals surface area contributed by atoms with Crippen LogP contribution >= 0.6 is 0 Å². The molecule has 176 valence electrons. The number of hydrogen-bond donors (Lipinski definition) is 2. The molecule has 1 aliphatic carbocycles. The van der Waals surface area contributed by atoms with Gasteiger partial charge >= 0.3 is 0 Å². The van der Waals surface area contributed by atoms with Crippen molar-refractivity contribution >= 4 is 15.8 Å². The lowest BCUT2D eigenvalue weighted by Crippen LogP contribution is -2.49. The number of nitrogens with zero attached hydrogens (tertiary/aromatic N) is 6. The Bertz CT molecular complexity index is 1440. The standard InChI is InChI=1S/C23H26N8O2S/c1-30-13-17(10-25-30)15-5-4-6-16(7-15)22-24-12-21(18-11-26-31(2)14-18)23(28-22)27-19-8-20(9-19)29-34(3,32)33/h4-7,10-14,19-20,29H,8-9H2,1-3H3,(H,24,27,28)/t19-,20+. The van der Waals surface area contributed by atoms with Crippen LogP contribution in [0, 0.1) is 0 Å². The first-order valence-corrected chi connectivity index (χ1v) is 12.8. The second-order valence-electron chi connectivity index (χ2n) is 8.74. The summed E-state index contributed by atoms with van der Waals surface area (Å²) in [6.45, 7) is 0. The van der Waals surface area contributed by atoms with Gasteiger partial charge in [-0.1, -0.05) is 18.2 Å². The van der Waals surface area contributed by atoms with Crippen LogP contribution in [0.25, 0.3) is 33.6 Å². The fourth-order valence-corrected chi connectivity index (χ4v) is 4.94. The van der Waals surface area contributed by atoms with Gasteiger partial charge in [0.1, 0.15) is 5.82 Å². The molecule has 0 aliphatic heterocycles. The summed E-state index contributed by atoms with van der Waals surface area (Å²) >= 11 is 0. The smallest absolute Gasteiger partial charge is 0.208 e. The minimum atomic E-state index is -3.22. The summed E-state index contributed by atoms with van der Waals surface area (Å²) in [4.78, 5) is 9.52. The third-order valence-electron chi connectivity index (χ3n) is 5.82. The summed E-state index contributed by atoms with van der Waals surface area (Å²) in [5, 5.41) is 12.0. The Hall–Kier alpha value is -3.57. The van der Waals surface area contributed by atoms with Gasteiger partial charge in [-0.2, -0.15) is 10.2 Å². The monoisotopic (exact) mass is 478 g/mol. The van der Waals surface area contributed by atoms with E-state index in [1.54, 1.807) is 15.6 Å². The molecular weight excluding hydrogens is 452 g/mol. The molecule has 3 heterocycles. The van der Waals surface area contributed by atoms with Gasteiger partial charge in [0.15, 0.2) is 5.82 Å². The van der Waals surface area contributed by atoms with Crippen molar-refractivity contribution in [3.05, 3.63) is 55.2 Å². The number of rotatable bonds is 7. The number of hydrogen-bond acceptors (Lipinski definition) is 7. The maximum absolute atomic E-state index is 11.5. The Morgan fingerprint density at radius 1 is 0.912 bits per heavy atom. The lowest BCUT2D eigenvalue weighted by molar-refractivity contribution is 0.346. The maximum atomic E-state index is 11.5. The van der Waals surface area contributed by atoms with E-state index in [-0.39, 0.29) is 12.1 Å². The zero-order valence-electron chi connectivity index (χ0n) is 19.2. The van der Waals surface area contributed by atoms with Gasteiger partial charge in [0.25, 0.3) is 0 Å². The zero-order chi connectivity index (χ0) is 23.9. The number of anilines is 1. The SMILES string of the molecule is Cn1cc(-c2cccc(-c3ncc(-c4cnn(C)c4)c(N[C@H]4C[C@@H](NS(C)(=O)=O)C4)n3)c2)cn1. The van der Waals surface area contributed by atoms with Crippen molar-refractivity contribution in [1.82, 2.24) is 34.3 Å². The minimum absolute atomic E-state index is 0.0631. The highest BCUT2D eigenvalue weighted by Gasteiger charge is 2.32. The topological polar surface area (TPSA) is 120 Å². The largest absolute Gasteiger partial charge is 0.367 e. The van der Waals surface area contributed by atoms with Gasteiger partial charge in [-0.3, -0.25) is 9.36 Å². The summed E-state index contributed by atoms with van der Waals surface area (Å²) in [5.74, 6) is 1.30. The molecule has 0 atom stereocenters. The fraction of sp³-hybridized carbons (Fsp3) is 0.304. The minimum Gasteiger partial charge on any atom is -0.367 e. The number of aryl methyl sites for hydroxylation is 2. The molecule has 10 nitrogen and oxygen atoms in total. The van der Waals surface area contributed by atoms with Crippen LogP contribution < -0.4 is 10.0 Å². The van der Waals surface area contributed by atoms with Crippen molar-refractivity contribution in [3.63, 3.8) is 0 Å². The van der Waals surface area contributed by atoms with Crippen molar-refractivity contribution in [3.8, 4) is 33.6 Å². The Balaban J connectivity index is 1.45. The Labute approximate surface area is 198 Å². The molecular formula is C23H26N8O2S. The van der Waals surface area contributed by atoms with E-state index in [1.807, 2.05) is 57.1 Å². The quantitative estimate of drug-likeness (QED) is 0.419. The number of nitrogens with one attached hydrogen (secondary N) is 2. The highest BCUT2D eigenvalue weighted by Crippen LogP contribution is 2.32. The zero-order valence-corrected chi connectivity index (χ0v) is 20.0. The van der Waals surface area contributed by atoms with Crippen LogP contribution in [0.4, 0.5) is 5.82 Å². The number of sulfonamides is 1. The van der Waals surface area contributed by atoms with Crippen LogP contribution in [0.2, 0.25) is 0 Å². The molecule has 0 saturated heterocycles. The lowest BCUT2D eigenvalue weighted by Gasteiger charge is -2.36. The van der Waals surface area contributed by atoms with Crippen molar-refractivity contribution in [1.29, 1.82) is 0 Å². The van der Waals surface area contributed by atoms with Crippen LogP contribution in [0.1, 0.15) is 12.8 Å². The Morgan fingerprint density at radius 2 is 1.59 bits per heavy atom. The summed E-state index contributed by atoms with van der Waals surface area (Å²) in [5.41, 5.74) is 4.71. The molecule has 11 heteroatoms. The molecule has 0 bridgehead atoms. The molecule has 0 amide bonds. The second kappa shape index (κ2) is 8.65. The first-order valence-electron chi connectivity index (χ1n) is 10.9. The van der Waals surface area contributed by atoms with Crippen LogP contribution in [-0.4, -0.2) is 56.3 Å². The highest BCUT2D eigenvalue weighted by atomic mass is 32.2. The average Bonchev–Trinajstić information content (AvgIpc) is 3.39. The van der Waals surface area contributed by atoms with Crippen molar-refractivity contribution in [2.45, 2.75) is 24.9 Å². The van der Waals surface area contributed by atoms with E-state index in [2.05, 4.69) is 31.3 Å². The van der Waals surface area contributed by atoms with E-state index in [9.17, 15) is 8.42 Å². The number of benzene rings is 1. The second-order valence-corrected chi connectivity index (χ2v) is 10.5. The van der Waals surface area contributed by atoms with Gasteiger partial charge in [-0.15, -0.1) is 0 Å². The normalized spacial score (nSPS) is 18.0. The third-order valence-corrected chi connectivity index (χ3v) is 6.58. The predicted molar refractivity (Wildman–Crippen MR) is 130 cm³/mol.